The maximum Gasteiger partial charge on any atom is 0.147 e. The summed E-state index contributed by atoms with van der Waals surface area (Å²) in [6.07, 6.45) is 5.45. The van der Waals surface area contributed by atoms with Crippen molar-refractivity contribution in [3.05, 3.63) is 5.69 Å². The summed E-state index contributed by atoms with van der Waals surface area (Å²) < 4.78 is 1.87. The van der Waals surface area contributed by atoms with Gasteiger partial charge in [-0.05, 0) is 31.8 Å². The van der Waals surface area contributed by atoms with E-state index in [1.54, 1.807) is 0 Å². The second kappa shape index (κ2) is 6.97. The van der Waals surface area contributed by atoms with Crippen molar-refractivity contribution >= 4 is 11.5 Å². The van der Waals surface area contributed by atoms with Crippen LogP contribution in [-0.4, -0.2) is 40.9 Å². The van der Waals surface area contributed by atoms with Crippen LogP contribution in [-0.2, 0) is 7.05 Å². The minimum Gasteiger partial charge on any atom is -0.394 e. The van der Waals surface area contributed by atoms with E-state index in [-0.39, 0.29) is 0 Å². The van der Waals surface area contributed by atoms with Gasteiger partial charge in [0.25, 0.3) is 0 Å². The molecule has 1 saturated heterocycles. The SMILES string of the molecule is CC(C)c1nn(C)c(NCCN2CCCCCC2)c1N. The normalized spacial score (nSPS) is 17.4. The van der Waals surface area contributed by atoms with Gasteiger partial charge < -0.3 is 16.0 Å². The van der Waals surface area contributed by atoms with E-state index in [4.69, 9.17) is 5.73 Å². The molecule has 0 radical (unpaired) electrons. The van der Waals surface area contributed by atoms with Crippen molar-refractivity contribution < 1.29 is 0 Å². The summed E-state index contributed by atoms with van der Waals surface area (Å²) in [6, 6.07) is 0. The van der Waals surface area contributed by atoms with Crippen molar-refractivity contribution in [3.8, 4) is 0 Å². The number of aromatic nitrogens is 2. The predicted octanol–water partition coefficient (Wildman–Crippen LogP) is 2.41. The molecule has 0 unspecified atom stereocenters. The van der Waals surface area contributed by atoms with E-state index in [2.05, 4.69) is 29.2 Å². The van der Waals surface area contributed by atoms with E-state index >= 15 is 0 Å². The Hall–Kier alpha value is -1.23. The van der Waals surface area contributed by atoms with Gasteiger partial charge >= 0.3 is 0 Å². The lowest BCUT2D eigenvalue weighted by molar-refractivity contribution is 0.296. The lowest BCUT2D eigenvalue weighted by Gasteiger charge is -2.20. The number of aryl methyl sites for hydroxylation is 1. The van der Waals surface area contributed by atoms with Crippen LogP contribution < -0.4 is 11.1 Å². The van der Waals surface area contributed by atoms with Gasteiger partial charge in [-0.3, -0.25) is 4.68 Å². The minimum atomic E-state index is 0.363. The molecule has 3 N–H and O–H groups in total. The molecule has 1 aliphatic rings. The molecule has 0 spiro atoms. The standard InChI is InChI=1S/C15H29N5/c1-12(2)14-13(16)15(19(3)18-14)17-8-11-20-9-6-4-5-7-10-20/h12,17H,4-11,16H2,1-3H3. The molecular weight excluding hydrogens is 250 g/mol. The zero-order valence-corrected chi connectivity index (χ0v) is 13.2. The number of rotatable bonds is 5. The molecule has 20 heavy (non-hydrogen) atoms. The Bertz CT molecular complexity index is 416. The first-order valence-corrected chi connectivity index (χ1v) is 7.88. The molecule has 5 heteroatoms. The van der Waals surface area contributed by atoms with Crippen LogP contribution in [0.3, 0.4) is 0 Å². The van der Waals surface area contributed by atoms with Crippen LogP contribution in [0, 0.1) is 0 Å². The molecular formula is C15H29N5. The highest BCUT2D eigenvalue weighted by Crippen LogP contribution is 2.27. The second-order valence-electron chi connectivity index (χ2n) is 6.11. The molecule has 0 aromatic carbocycles. The molecule has 0 saturated carbocycles. The Kier molecular flexibility index (Phi) is 5.29. The molecule has 0 atom stereocenters. The fourth-order valence-corrected chi connectivity index (χ4v) is 2.89. The van der Waals surface area contributed by atoms with Crippen molar-refractivity contribution in [3.63, 3.8) is 0 Å². The Morgan fingerprint density at radius 2 is 1.85 bits per heavy atom. The predicted molar refractivity (Wildman–Crippen MR) is 85.1 cm³/mol. The van der Waals surface area contributed by atoms with Crippen molar-refractivity contribution in [2.45, 2.75) is 45.4 Å². The Morgan fingerprint density at radius 1 is 1.20 bits per heavy atom. The van der Waals surface area contributed by atoms with Gasteiger partial charge in [0.2, 0.25) is 0 Å². The summed E-state index contributed by atoms with van der Waals surface area (Å²) in [4.78, 5) is 2.55. The second-order valence-corrected chi connectivity index (χ2v) is 6.11. The molecule has 1 aromatic heterocycles. The molecule has 1 aliphatic heterocycles. The first-order valence-electron chi connectivity index (χ1n) is 7.88. The monoisotopic (exact) mass is 279 g/mol. The summed E-state index contributed by atoms with van der Waals surface area (Å²) in [7, 11) is 1.95. The lowest BCUT2D eigenvalue weighted by atomic mass is 10.1. The third-order valence-electron chi connectivity index (χ3n) is 4.08. The quantitative estimate of drug-likeness (QED) is 0.869. The summed E-state index contributed by atoms with van der Waals surface area (Å²) >= 11 is 0. The van der Waals surface area contributed by atoms with E-state index < -0.39 is 0 Å². The molecule has 114 valence electrons. The van der Waals surface area contributed by atoms with Gasteiger partial charge in [-0.2, -0.15) is 5.10 Å². The first-order chi connectivity index (χ1) is 9.59. The van der Waals surface area contributed by atoms with Gasteiger partial charge in [0, 0.05) is 20.1 Å². The van der Waals surface area contributed by atoms with Crippen LogP contribution in [0.5, 0.6) is 0 Å². The fraction of sp³-hybridized carbons (Fsp3) is 0.800. The molecule has 1 fully saturated rings. The molecule has 5 nitrogen and oxygen atoms in total. The van der Waals surface area contributed by atoms with Crippen LogP contribution in [0.25, 0.3) is 0 Å². The number of anilines is 2. The third-order valence-corrected chi connectivity index (χ3v) is 4.08. The summed E-state index contributed by atoms with van der Waals surface area (Å²) in [5.74, 6) is 1.32. The number of nitrogens with zero attached hydrogens (tertiary/aromatic N) is 3. The molecule has 1 aromatic rings. The van der Waals surface area contributed by atoms with Gasteiger partial charge in [-0.1, -0.05) is 26.7 Å². The van der Waals surface area contributed by atoms with Crippen LogP contribution in [0.1, 0.15) is 51.1 Å². The number of likely N-dealkylation sites (tertiary alicyclic amines) is 1. The number of nitrogen functional groups attached to an aromatic ring is 1. The molecule has 0 bridgehead atoms. The zero-order chi connectivity index (χ0) is 14.5. The smallest absolute Gasteiger partial charge is 0.147 e. The fourth-order valence-electron chi connectivity index (χ4n) is 2.89. The molecule has 2 rings (SSSR count). The topological polar surface area (TPSA) is 59.1 Å². The molecule has 2 heterocycles. The summed E-state index contributed by atoms with van der Waals surface area (Å²) in [5.41, 5.74) is 7.98. The Balaban J connectivity index is 1.87. The van der Waals surface area contributed by atoms with Crippen LogP contribution in [0.15, 0.2) is 0 Å². The van der Waals surface area contributed by atoms with Gasteiger partial charge in [0.15, 0.2) is 0 Å². The average Bonchev–Trinajstić information content (AvgIpc) is 2.61. The third kappa shape index (κ3) is 3.66. The summed E-state index contributed by atoms with van der Waals surface area (Å²) in [5, 5.41) is 7.96. The lowest BCUT2D eigenvalue weighted by Crippen LogP contribution is -2.30. The molecule has 0 amide bonds. The van der Waals surface area contributed by atoms with Gasteiger partial charge in [0.1, 0.15) is 5.82 Å². The van der Waals surface area contributed by atoms with Crippen LogP contribution in [0.2, 0.25) is 0 Å². The minimum absolute atomic E-state index is 0.363. The number of nitrogens with two attached hydrogens (primary N) is 1. The highest BCUT2D eigenvalue weighted by atomic mass is 15.3. The van der Waals surface area contributed by atoms with Gasteiger partial charge in [0.05, 0.1) is 11.4 Å². The zero-order valence-electron chi connectivity index (χ0n) is 13.2. The van der Waals surface area contributed by atoms with E-state index in [1.807, 2.05) is 11.7 Å². The van der Waals surface area contributed by atoms with Crippen molar-refractivity contribution in [2.75, 3.05) is 37.2 Å². The Morgan fingerprint density at radius 3 is 2.40 bits per heavy atom. The van der Waals surface area contributed by atoms with E-state index in [9.17, 15) is 0 Å². The largest absolute Gasteiger partial charge is 0.394 e. The van der Waals surface area contributed by atoms with Crippen LogP contribution in [0.4, 0.5) is 11.5 Å². The Labute approximate surface area is 122 Å². The van der Waals surface area contributed by atoms with Crippen molar-refractivity contribution in [1.29, 1.82) is 0 Å². The van der Waals surface area contributed by atoms with E-state index in [0.717, 1.165) is 30.3 Å². The highest BCUT2D eigenvalue weighted by molar-refractivity contribution is 5.65. The number of hydrogen-bond donors (Lipinski definition) is 2. The van der Waals surface area contributed by atoms with E-state index in [1.165, 1.54) is 38.8 Å². The van der Waals surface area contributed by atoms with Crippen molar-refractivity contribution in [1.82, 2.24) is 14.7 Å². The summed E-state index contributed by atoms with van der Waals surface area (Å²) in [6.45, 7) is 8.74. The van der Waals surface area contributed by atoms with Gasteiger partial charge in [-0.15, -0.1) is 0 Å². The average molecular weight is 279 g/mol. The maximum absolute atomic E-state index is 6.19. The van der Waals surface area contributed by atoms with Crippen LogP contribution >= 0.6 is 0 Å². The number of hydrogen-bond acceptors (Lipinski definition) is 4. The maximum atomic E-state index is 6.19. The highest BCUT2D eigenvalue weighted by Gasteiger charge is 2.16. The van der Waals surface area contributed by atoms with E-state index in [0.29, 0.717) is 5.92 Å². The van der Waals surface area contributed by atoms with Crippen molar-refractivity contribution in [2.24, 2.45) is 7.05 Å². The molecule has 0 aliphatic carbocycles. The van der Waals surface area contributed by atoms with Gasteiger partial charge in [-0.25, -0.2) is 0 Å². The number of nitrogens with one attached hydrogen (secondary N) is 1. The first kappa shape index (κ1) is 15.2.